The van der Waals surface area contributed by atoms with Crippen molar-refractivity contribution in [2.24, 2.45) is 0 Å². The fraction of sp³-hybridized carbons (Fsp3) is 0.562. The van der Waals surface area contributed by atoms with E-state index in [2.05, 4.69) is 48.5 Å². The van der Waals surface area contributed by atoms with Crippen LogP contribution in [0, 0.1) is 0 Å². The predicted molar refractivity (Wildman–Crippen MR) is 86.6 cm³/mol. The fourth-order valence-electron chi connectivity index (χ4n) is 2.50. The van der Waals surface area contributed by atoms with Crippen LogP contribution in [0.1, 0.15) is 43.6 Å². The van der Waals surface area contributed by atoms with Gasteiger partial charge in [0.15, 0.2) is 5.78 Å². The molecular weight excluding hydrogens is 318 g/mol. The highest BCUT2D eigenvalue weighted by molar-refractivity contribution is 9.09. The number of anilines is 1. The molecule has 4 heteroatoms. The van der Waals surface area contributed by atoms with Crippen molar-refractivity contribution in [3.05, 3.63) is 23.3 Å². The minimum absolute atomic E-state index is 0.0521. The SMILES string of the molecule is CCN1CCOc2c1cc(C(=O)CBr)cc2C(C)(C)C. The number of likely N-dealkylation sites (N-methyl/N-ethyl adjacent to an activating group) is 1. The van der Waals surface area contributed by atoms with E-state index in [9.17, 15) is 4.79 Å². The lowest BCUT2D eigenvalue weighted by Crippen LogP contribution is -2.34. The molecule has 1 aliphatic heterocycles. The van der Waals surface area contributed by atoms with Crippen molar-refractivity contribution in [1.29, 1.82) is 0 Å². The number of halogens is 1. The standard InChI is InChI=1S/C16H22BrNO2/c1-5-18-6-7-20-15-12(16(2,3)4)8-11(9-13(15)18)14(19)10-17/h8-9H,5-7,10H2,1-4H3. The summed E-state index contributed by atoms with van der Waals surface area (Å²) in [4.78, 5) is 14.3. The van der Waals surface area contributed by atoms with Gasteiger partial charge in [0.05, 0.1) is 17.6 Å². The van der Waals surface area contributed by atoms with Gasteiger partial charge in [-0.1, -0.05) is 36.7 Å². The number of benzene rings is 1. The third kappa shape index (κ3) is 2.85. The van der Waals surface area contributed by atoms with E-state index in [0.29, 0.717) is 11.9 Å². The number of fused-ring (bicyclic) bond motifs is 1. The molecule has 0 radical (unpaired) electrons. The summed E-state index contributed by atoms with van der Waals surface area (Å²) < 4.78 is 5.92. The van der Waals surface area contributed by atoms with E-state index in [1.54, 1.807) is 0 Å². The third-order valence-electron chi connectivity index (χ3n) is 3.65. The molecular formula is C16H22BrNO2. The van der Waals surface area contributed by atoms with E-state index in [0.717, 1.165) is 35.7 Å². The number of ketones is 1. The zero-order chi connectivity index (χ0) is 14.9. The maximum atomic E-state index is 12.1. The highest BCUT2D eigenvalue weighted by Crippen LogP contribution is 2.42. The molecule has 110 valence electrons. The molecule has 1 aromatic rings. The van der Waals surface area contributed by atoms with E-state index < -0.39 is 0 Å². The second kappa shape index (κ2) is 5.76. The van der Waals surface area contributed by atoms with Gasteiger partial charge in [-0.25, -0.2) is 0 Å². The Balaban J connectivity index is 2.64. The summed E-state index contributed by atoms with van der Waals surface area (Å²) in [6.45, 7) is 11.1. The molecule has 0 unspecified atom stereocenters. The quantitative estimate of drug-likeness (QED) is 0.620. The number of alkyl halides is 1. The number of carbonyl (C=O) groups is 1. The maximum Gasteiger partial charge on any atom is 0.173 e. The summed E-state index contributed by atoms with van der Waals surface area (Å²) in [5, 5.41) is 0.350. The first-order chi connectivity index (χ1) is 9.38. The highest BCUT2D eigenvalue weighted by Gasteiger charge is 2.28. The molecule has 0 bridgehead atoms. The molecule has 0 aromatic heterocycles. The van der Waals surface area contributed by atoms with Crippen molar-refractivity contribution in [2.75, 3.05) is 29.9 Å². The number of carbonyl (C=O) groups excluding carboxylic acids is 1. The van der Waals surface area contributed by atoms with Crippen LogP contribution in [0.5, 0.6) is 5.75 Å². The molecule has 1 aliphatic rings. The Hall–Kier alpha value is -1.03. The Bertz CT molecular complexity index is 520. The van der Waals surface area contributed by atoms with E-state index in [4.69, 9.17) is 4.74 Å². The third-order valence-corrected chi connectivity index (χ3v) is 4.16. The second-order valence-electron chi connectivity index (χ2n) is 6.11. The minimum Gasteiger partial charge on any atom is -0.489 e. The van der Waals surface area contributed by atoms with Gasteiger partial charge in [-0.15, -0.1) is 0 Å². The molecule has 0 saturated carbocycles. The zero-order valence-electron chi connectivity index (χ0n) is 12.6. The van der Waals surface area contributed by atoms with Gasteiger partial charge in [0.2, 0.25) is 0 Å². The number of ether oxygens (including phenoxy) is 1. The predicted octanol–water partition coefficient (Wildman–Crippen LogP) is 3.78. The van der Waals surface area contributed by atoms with Crippen molar-refractivity contribution < 1.29 is 9.53 Å². The molecule has 0 saturated heterocycles. The van der Waals surface area contributed by atoms with Gasteiger partial charge in [0, 0.05) is 17.7 Å². The van der Waals surface area contributed by atoms with E-state index in [1.807, 2.05) is 12.1 Å². The summed E-state index contributed by atoms with van der Waals surface area (Å²) in [6.07, 6.45) is 0. The normalized spacial score (nSPS) is 14.8. The van der Waals surface area contributed by atoms with E-state index in [-0.39, 0.29) is 11.2 Å². The minimum atomic E-state index is -0.0521. The molecule has 0 atom stereocenters. The molecule has 2 rings (SSSR count). The molecule has 3 nitrogen and oxygen atoms in total. The van der Waals surface area contributed by atoms with Crippen LogP contribution >= 0.6 is 15.9 Å². The van der Waals surface area contributed by atoms with Crippen LogP contribution in [0.4, 0.5) is 5.69 Å². The summed E-state index contributed by atoms with van der Waals surface area (Å²) in [5.74, 6) is 1.05. The number of nitrogens with zero attached hydrogens (tertiary/aromatic N) is 1. The zero-order valence-corrected chi connectivity index (χ0v) is 14.2. The van der Waals surface area contributed by atoms with Gasteiger partial charge in [0.25, 0.3) is 0 Å². The molecule has 0 amide bonds. The molecule has 0 fully saturated rings. The van der Waals surface area contributed by atoms with Gasteiger partial charge in [-0.3, -0.25) is 4.79 Å². The van der Waals surface area contributed by atoms with Gasteiger partial charge < -0.3 is 9.64 Å². The Morgan fingerprint density at radius 3 is 2.65 bits per heavy atom. The van der Waals surface area contributed by atoms with Crippen LogP contribution < -0.4 is 9.64 Å². The first kappa shape index (κ1) is 15.4. The molecule has 0 spiro atoms. The number of hydrogen-bond donors (Lipinski definition) is 0. The second-order valence-corrected chi connectivity index (χ2v) is 6.67. The van der Waals surface area contributed by atoms with Crippen LogP contribution in [0.2, 0.25) is 0 Å². The molecule has 1 heterocycles. The van der Waals surface area contributed by atoms with Crippen molar-refractivity contribution >= 4 is 27.4 Å². The molecule has 0 N–H and O–H groups in total. The number of Topliss-reactive ketones (excluding diaryl/α,β-unsaturated/α-hetero) is 1. The lowest BCUT2D eigenvalue weighted by Gasteiger charge is -2.34. The van der Waals surface area contributed by atoms with Crippen molar-refractivity contribution in [3.8, 4) is 5.75 Å². The first-order valence-corrected chi connectivity index (χ1v) is 8.16. The topological polar surface area (TPSA) is 29.5 Å². The molecule has 0 aliphatic carbocycles. The Morgan fingerprint density at radius 2 is 2.10 bits per heavy atom. The maximum absolute atomic E-state index is 12.1. The van der Waals surface area contributed by atoms with E-state index >= 15 is 0 Å². The summed E-state index contributed by atoms with van der Waals surface area (Å²) in [6, 6.07) is 3.96. The van der Waals surface area contributed by atoms with Crippen LogP contribution in [0.15, 0.2) is 12.1 Å². The van der Waals surface area contributed by atoms with E-state index in [1.165, 1.54) is 0 Å². The fourth-order valence-corrected chi connectivity index (χ4v) is 2.83. The highest BCUT2D eigenvalue weighted by atomic mass is 79.9. The molecule has 1 aromatic carbocycles. The van der Waals surface area contributed by atoms with Crippen LogP contribution in [0.25, 0.3) is 0 Å². The van der Waals surface area contributed by atoms with Crippen molar-refractivity contribution in [1.82, 2.24) is 0 Å². The van der Waals surface area contributed by atoms with Crippen molar-refractivity contribution in [3.63, 3.8) is 0 Å². The summed E-state index contributed by atoms with van der Waals surface area (Å²) in [5.41, 5.74) is 2.87. The lowest BCUT2D eigenvalue weighted by molar-refractivity contribution is 0.102. The largest absolute Gasteiger partial charge is 0.489 e. The number of hydrogen-bond acceptors (Lipinski definition) is 3. The Morgan fingerprint density at radius 1 is 1.40 bits per heavy atom. The molecule has 20 heavy (non-hydrogen) atoms. The number of rotatable bonds is 3. The average Bonchev–Trinajstić information content (AvgIpc) is 2.43. The Kier molecular flexibility index (Phi) is 4.43. The van der Waals surface area contributed by atoms with Gasteiger partial charge in [0.1, 0.15) is 12.4 Å². The smallest absolute Gasteiger partial charge is 0.173 e. The monoisotopic (exact) mass is 339 g/mol. The van der Waals surface area contributed by atoms with Crippen molar-refractivity contribution in [2.45, 2.75) is 33.1 Å². The van der Waals surface area contributed by atoms with Gasteiger partial charge in [-0.2, -0.15) is 0 Å². The van der Waals surface area contributed by atoms with Crippen LogP contribution in [-0.2, 0) is 5.41 Å². The summed E-state index contributed by atoms with van der Waals surface area (Å²) in [7, 11) is 0. The van der Waals surface area contributed by atoms with Gasteiger partial charge in [-0.05, 0) is 24.5 Å². The lowest BCUT2D eigenvalue weighted by atomic mass is 9.84. The average molecular weight is 340 g/mol. The van der Waals surface area contributed by atoms with Crippen LogP contribution in [-0.4, -0.2) is 30.8 Å². The summed E-state index contributed by atoms with van der Waals surface area (Å²) >= 11 is 3.26. The Labute approximate surface area is 129 Å². The first-order valence-electron chi connectivity index (χ1n) is 7.04. The van der Waals surface area contributed by atoms with Gasteiger partial charge >= 0.3 is 0 Å². The van der Waals surface area contributed by atoms with Crippen LogP contribution in [0.3, 0.4) is 0 Å².